The van der Waals surface area contributed by atoms with E-state index in [0.29, 0.717) is 29.1 Å². The van der Waals surface area contributed by atoms with Crippen LogP contribution in [0.1, 0.15) is 53.8 Å². The van der Waals surface area contributed by atoms with Gasteiger partial charge in [-0.2, -0.15) is 0 Å². The van der Waals surface area contributed by atoms with E-state index in [2.05, 4.69) is 27.3 Å². The maximum Gasteiger partial charge on any atom is 0.268 e. The number of hydrogen-bond acceptors (Lipinski definition) is 3. The number of nitrogens with one attached hydrogen (secondary N) is 4. The van der Waals surface area contributed by atoms with Crippen molar-refractivity contribution in [3.05, 3.63) is 73.1 Å². The van der Waals surface area contributed by atoms with Gasteiger partial charge in [-0.05, 0) is 38.0 Å². The van der Waals surface area contributed by atoms with Gasteiger partial charge in [-0.1, -0.05) is 25.5 Å². The molecule has 0 aliphatic carbocycles. The molecule has 3 rings (SSSR count). The molecule has 138 valence electrons. The molecule has 0 unspecified atom stereocenters. The van der Waals surface area contributed by atoms with Crippen molar-refractivity contribution in [2.24, 2.45) is 0 Å². The summed E-state index contributed by atoms with van der Waals surface area (Å²) < 4.78 is 5.71. The number of aromatic amines is 4. The van der Waals surface area contributed by atoms with Gasteiger partial charge >= 0.3 is 0 Å². The van der Waals surface area contributed by atoms with E-state index in [9.17, 15) is 9.59 Å². The summed E-state index contributed by atoms with van der Waals surface area (Å²) in [6, 6.07) is 7.57. The third-order valence-corrected chi connectivity index (χ3v) is 4.58. The van der Waals surface area contributed by atoms with Crippen LogP contribution in [-0.2, 0) is 0 Å². The van der Waals surface area contributed by atoms with Crippen molar-refractivity contribution in [1.82, 2.24) is 20.4 Å². The second-order valence-electron chi connectivity index (χ2n) is 6.44. The lowest BCUT2D eigenvalue weighted by atomic mass is 9.85. The Kier molecular flexibility index (Phi) is 5.16. The largest absolute Gasteiger partial charge is 0.494 e. The monoisotopic (exact) mass is 356 g/mol. The van der Waals surface area contributed by atoms with Crippen LogP contribution in [0.15, 0.2) is 33.9 Å². The minimum Gasteiger partial charge on any atom is -0.494 e. The van der Waals surface area contributed by atoms with Crippen LogP contribution >= 0.6 is 0 Å². The molecule has 3 aromatic rings. The first kappa shape index (κ1) is 17.8. The smallest absolute Gasteiger partial charge is 0.268 e. The first-order valence-corrected chi connectivity index (χ1v) is 8.80. The van der Waals surface area contributed by atoms with Crippen molar-refractivity contribution in [3.8, 4) is 5.75 Å². The Balaban J connectivity index is 2.05. The van der Waals surface area contributed by atoms with Gasteiger partial charge < -0.3 is 14.9 Å². The van der Waals surface area contributed by atoms with Gasteiger partial charge in [0.2, 0.25) is 0 Å². The van der Waals surface area contributed by atoms with Gasteiger partial charge in [-0.25, -0.2) is 0 Å². The SMILES string of the molecule is CCCCOc1ccc(C(c2c(C)[nH][nH]c2=O)c2c(C)[nH][nH]c2=O)cc1. The average Bonchev–Trinajstić information content (AvgIpc) is 3.14. The highest BCUT2D eigenvalue weighted by atomic mass is 16.5. The molecule has 0 radical (unpaired) electrons. The zero-order chi connectivity index (χ0) is 18.7. The number of hydrogen-bond donors (Lipinski definition) is 4. The van der Waals surface area contributed by atoms with E-state index >= 15 is 0 Å². The number of benzene rings is 1. The molecule has 0 amide bonds. The molecule has 1 aromatic carbocycles. The molecule has 0 atom stereocenters. The Hall–Kier alpha value is -2.96. The number of H-pyrrole nitrogens is 4. The highest BCUT2D eigenvalue weighted by Crippen LogP contribution is 2.31. The molecular formula is C19H24N4O3. The molecule has 0 fully saturated rings. The quantitative estimate of drug-likeness (QED) is 0.489. The third-order valence-electron chi connectivity index (χ3n) is 4.58. The van der Waals surface area contributed by atoms with Crippen LogP contribution in [0, 0.1) is 13.8 Å². The summed E-state index contributed by atoms with van der Waals surface area (Å²) in [4.78, 5) is 24.8. The molecule has 0 saturated heterocycles. The fourth-order valence-electron chi connectivity index (χ4n) is 3.17. The molecule has 7 nitrogen and oxygen atoms in total. The van der Waals surface area contributed by atoms with Gasteiger partial charge in [0.25, 0.3) is 11.1 Å². The summed E-state index contributed by atoms with van der Waals surface area (Å²) in [5, 5.41) is 10.9. The van der Waals surface area contributed by atoms with Gasteiger partial charge in [0, 0.05) is 17.3 Å². The van der Waals surface area contributed by atoms with Crippen LogP contribution in [-0.4, -0.2) is 27.0 Å². The summed E-state index contributed by atoms with van der Waals surface area (Å²) in [5.74, 6) is 0.310. The Morgan fingerprint density at radius 1 is 0.885 bits per heavy atom. The summed E-state index contributed by atoms with van der Waals surface area (Å²) in [6.07, 6.45) is 2.07. The minimum atomic E-state index is -0.468. The second kappa shape index (κ2) is 7.51. The number of ether oxygens (including phenoxy) is 1. The predicted molar refractivity (Wildman–Crippen MR) is 100 cm³/mol. The minimum absolute atomic E-state index is 0.226. The van der Waals surface area contributed by atoms with Crippen molar-refractivity contribution < 1.29 is 4.74 Å². The van der Waals surface area contributed by atoms with Crippen molar-refractivity contribution in [1.29, 1.82) is 0 Å². The molecule has 0 saturated carbocycles. The van der Waals surface area contributed by atoms with Crippen LogP contribution in [0.3, 0.4) is 0 Å². The summed E-state index contributed by atoms with van der Waals surface area (Å²) >= 11 is 0. The van der Waals surface area contributed by atoms with Gasteiger partial charge in [0.15, 0.2) is 0 Å². The predicted octanol–water partition coefficient (Wildman–Crippen LogP) is 2.70. The molecule has 0 aliphatic heterocycles. The molecule has 2 heterocycles. The van der Waals surface area contributed by atoms with Crippen LogP contribution in [0.5, 0.6) is 5.75 Å². The molecule has 0 bridgehead atoms. The van der Waals surface area contributed by atoms with Crippen molar-refractivity contribution in [2.75, 3.05) is 6.61 Å². The Bertz CT molecular complexity index is 921. The molecular weight excluding hydrogens is 332 g/mol. The van der Waals surface area contributed by atoms with Crippen LogP contribution in [0.4, 0.5) is 0 Å². The van der Waals surface area contributed by atoms with E-state index in [-0.39, 0.29) is 11.1 Å². The van der Waals surface area contributed by atoms with Gasteiger partial charge in [0.05, 0.1) is 17.7 Å². The molecule has 7 heteroatoms. The fraction of sp³-hybridized carbons (Fsp3) is 0.368. The first-order valence-electron chi connectivity index (χ1n) is 8.80. The number of aromatic nitrogens is 4. The zero-order valence-electron chi connectivity index (χ0n) is 15.2. The van der Waals surface area contributed by atoms with Gasteiger partial charge in [-0.3, -0.25) is 19.8 Å². The van der Waals surface area contributed by atoms with Gasteiger partial charge in [-0.15, -0.1) is 0 Å². The second-order valence-corrected chi connectivity index (χ2v) is 6.44. The average molecular weight is 356 g/mol. The van der Waals surface area contributed by atoms with E-state index in [1.54, 1.807) is 0 Å². The Morgan fingerprint density at radius 3 is 1.85 bits per heavy atom. The number of rotatable bonds is 7. The van der Waals surface area contributed by atoms with Gasteiger partial charge in [0.1, 0.15) is 5.75 Å². The van der Waals surface area contributed by atoms with Crippen LogP contribution in [0.2, 0.25) is 0 Å². The Morgan fingerprint density at radius 2 is 1.42 bits per heavy atom. The van der Waals surface area contributed by atoms with Crippen molar-refractivity contribution >= 4 is 0 Å². The zero-order valence-corrected chi connectivity index (χ0v) is 15.2. The molecule has 0 spiro atoms. The summed E-state index contributed by atoms with van der Waals surface area (Å²) in [6.45, 7) is 6.42. The third kappa shape index (κ3) is 3.37. The van der Waals surface area contributed by atoms with E-state index in [1.165, 1.54) is 0 Å². The lowest BCUT2D eigenvalue weighted by molar-refractivity contribution is 0.309. The first-order chi connectivity index (χ1) is 12.5. The normalized spacial score (nSPS) is 11.2. The Labute approximate surface area is 150 Å². The standard InChI is InChI=1S/C19H24N4O3/c1-4-5-10-26-14-8-6-13(7-9-14)17(15-11(2)20-22-18(15)24)16-12(3)21-23-19(16)25/h6-9,17H,4-5,10H2,1-3H3,(H2,20,22,24)(H2,21,23,25). The maximum absolute atomic E-state index is 12.4. The van der Waals surface area contributed by atoms with Crippen molar-refractivity contribution in [2.45, 2.75) is 39.5 Å². The summed E-state index contributed by atoms with van der Waals surface area (Å²) in [7, 11) is 0. The van der Waals surface area contributed by atoms with E-state index < -0.39 is 5.92 Å². The lowest BCUT2D eigenvalue weighted by Crippen LogP contribution is -2.20. The molecule has 0 aliphatic rings. The topological polar surface area (TPSA) is 107 Å². The molecule has 2 aromatic heterocycles. The fourth-order valence-corrected chi connectivity index (χ4v) is 3.17. The number of aryl methyl sites for hydroxylation is 2. The van der Waals surface area contributed by atoms with Crippen LogP contribution in [0.25, 0.3) is 0 Å². The molecule has 4 N–H and O–H groups in total. The highest BCUT2D eigenvalue weighted by Gasteiger charge is 2.27. The summed E-state index contributed by atoms with van der Waals surface area (Å²) in [5.41, 5.74) is 2.91. The maximum atomic E-state index is 12.4. The molecule has 26 heavy (non-hydrogen) atoms. The van der Waals surface area contributed by atoms with Crippen molar-refractivity contribution in [3.63, 3.8) is 0 Å². The number of unbranched alkanes of at least 4 members (excludes halogenated alkanes) is 1. The van der Waals surface area contributed by atoms with E-state index in [4.69, 9.17) is 4.74 Å². The highest BCUT2D eigenvalue weighted by molar-refractivity contribution is 5.45. The van der Waals surface area contributed by atoms with Crippen LogP contribution < -0.4 is 15.9 Å². The van der Waals surface area contributed by atoms with E-state index in [0.717, 1.165) is 24.2 Å². The lowest BCUT2D eigenvalue weighted by Gasteiger charge is -2.16. The van der Waals surface area contributed by atoms with E-state index in [1.807, 2.05) is 38.1 Å².